The number of carbonyl (C=O) groups excluding carboxylic acids is 2. The molecule has 0 atom stereocenters. The molecule has 37 heavy (non-hydrogen) atoms. The Morgan fingerprint density at radius 3 is 2.70 bits per heavy atom. The second-order valence-corrected chi connectivity index (χ2v) is 8.61. The number of rotatable bonds is 7. The molecule has 2 aromatic heterocycles. The SMILES string of the molecule is Cn1cc(Nc2ncc3c(n2)N(c2cccc(NC(=O)/C=C/Cl)c2)C(=O)N(Cc2ccccc2)C3)cn1. The molecule has 1 aliphatic rings. The summed E-state index contributed by atoms with van der Waals surface area (Å²) in [4.78, 5) is 38.3. The predicted molar refractivity (Wildman–Crippen MR) is 142 cm³/mol. The van der Waals surface area contributed by atoms with Crippen molar-refractivity contribution in [3.05, 3.63) is 95.9 Å². The highest BCUT2D eigenvalue weighted by Gasteiger charge is 2.33. The Hall–Kier alpha value is -4.70. The number of carbonyl (C=O) groups is 2. The highest BCUT2D eigenvalue weighted by Crippen LogP contribution is 2.35. The molecule has 4 aromatic rings. The van der Waals surface area contributed by atoms with Gasteiger partial charge in [0, 0.05) is 48.8 Å². The van der Waals surface area contributed by atoms with Crippen molar-refractivity contribution in [1.82, 2.24) is 24.6 Å². The standard InChI is InChI=1S/C26H23ClN8O2/c1-33-17-21(14-29-33)31-25-28-13-19-16-34(15-18-6-3-2-4-7-18)26(37)35(24(19)32-25)22-9-5-8-20(12-22)30-23(36)10-11-27/h2-14,17H,15-16H2,1H3,(H,30,36)(H,28,31,32)/b11-10+. The Morgan fingerprint density at radius 2 is 1.95 bits per heavy atom. The van der Waals surface area contributed by atoms with E-state index in [0.29, 0.717) is 36.2 Å². The van der Waals surface area contributed by atoms with Crippen LogP contribution in [-0.2, 0) is 24.9 Å². The topological polar surface area (TPSA) is 108 Å². The minimum atomic E-state index is -0.381. The van der Waals surface area contributed by atoms with E-state index in [1.165, 1.54) is 11.0 Å². The van der Waals surface area contributed by atoms with Crippen LogP contribution in [0.3, 0.4) is 0 Å². The van der Waals surface area contributed by atoms with Crippen LogP contribution in [0.5, 0.6) is 0 Å². The van der Waals surface area contributed by atoms with E-state index in [9.17, 15) is 9.59 Å². The first kappa shape index (κ1) is 24.0. The van der Waals surface area contributed by atoms with Gasteiger partial charge in [0.2, 0.25) is 11.9 Å². The van der Waals surface area contributed by atoms with Gasteiger partial charge in [-0.1, -0.05) is 48.0 Å². The molecule has 0 saturated heterocycles. The molecule has 2 aromatic carbocycles. The van der Waals surface area contributed by atoms with Crippen LogP contribution in [0.2, 0.25) is 0 Å². The van der Waals surface area contributed by atoms with E-state index in [1.54, 1.807) is 52.4 Å². The maximum absolute atomic E-state index is 13.8. The zero-order valence-electron chi connectivity index (χ0n) is 19.9. The average Bonchev–Trinajstić information content (AvgIpc) is 3.30. The lowest BCUT2D eigenvalue weighted by Crippen LogP contribution is -2.45. The molecule has 2 N–H and O–H groups in total. The van der Waals surface area contributed by atoms with Crippen molar-refractivity contribution in [1.29, 1.82) is 0 Å². The molecule has 0 fully saturated rings. The van der Waals surface area contributed by atoms with Crippen LogP contribution in [0, 0.1) is 0 Å². The molecule has 0 bridgehead atoms. The number of aromatic nitrogens is 4. The summed E-state index contributed by atoms with van der Waals surface area (Å²) >= 11 is 5.52. The van der Waals surface area contributed by atoms with Gasteiger partial charge in [-0.15, -0.1) is 0 Å². The summed E-state index contributed by atoms with van der Waals surface area (Å²) in [6.07, 6.45) is 6.39. The van der Waals surface area contributed by atoms with Crippen LogP contribution in [0.1, 0.15) is 11.1 Å². The van der Waals surface area contributed by atoms with Crippen LogP contribution in [-0.4, -0.2) is 36.6 Å². The Bertz CT molecular complexity index is 1470. The van der Waals surface area contributed by atoms with Gasteiger partial charge in [0.25, 0.3) is 0 Å². The van der Waals surface area contributed by atoms with Crippen molar-refractivity contribution in [2.24, 2.45) is 7.05 Å². The van der Waals surface area contributed by atoms with E-state index in [1.807, 2.05) is 37.4 Å². The molecule has 186 valence electrons. The fraction of sp³-hybridized carbons (Fsp3) is 0.115. The van der Waals surface area contributed by atoms with Gasteiger partial charge in [-0.25, -0.2) is 14.7 Å². The van der Waals surface area contributed by atoms with E-state index < -0.39 is 0 Å². The minimum Gasteiger partial charge on any atom is -0.322 e. The molecular formula is C26H23ClN8O2. The summed E-state index contributed by atoms with van der Waals surface area (Å²) in [6.45, 7) is 0.770. The molecule has 0 aliphatic carbocycles. The predicted octanol–water partition coefficient (Wildman–Crippen LogP) is 4.92. The smallest absolute Gasteiger partial charge is 0.322 e. The van der Waals surface area contributed by atoms with Gasteiger partial charge in [-0.05, 0) is 23.8 Å². The Kier molecular flexibility index (Phi) is 6.82. The summed E-state index contributed by atoms with van der Waals surface area (Å²) in [7, 11) is 1.81. The third-order valence-corrected chi connectivity index (χ3v) is 5.77. The average molecular weight is 515 g/mol. The lowest BCUT2D eigenvalue weighted by atomic mass is 10.1. The molecular weight excluding hydrogens is 492 g/mol. The quantitative estimate of drug-likeness (QED) is 0.339. The highest BCUT2D eigenvalue weighted by atomic mass is 35.5. The number of anilines is 5. The second-order valence-electron chi connectivity index (χ2n) is 8.36. The van der Waals surface area contributed by atoms with Gasteiger partial charge in [-0.2, -0.15) is 10.1 Å². The zero-order valence-corrected chi connectivity index (χ0v) is 20.6. The van der Waals surface area contributed by atoms with Crippen molar-refractivity contribution in [2.45, 2.75) is 13.1 Å². The van der Waals surface area contributed by atoms with E-state index >= 15 is 0 Å². The Morgan fingerprint density at radius 1 is 1.11 bits per heavy atom. The number of fused-ring (bicyclic) bond motifs is 1. The number of urea groups is 1. The van der Waals surface area contributed by atoms with Crippen LogP contribution in [0.25, 0.3) is 0 Å². The van der Waals surface area contributed by atoms with Gasteiger partial charge < -0.3 is 15.5 Å². The van der Waals surface area contributed by atoms with Crippen LogP contribution >= 0.6 is 11.6 Å². The monoisotopic (exact) mass is 514 g/mol. The molecule has 3 heterocycles. The zero-order chi connectivity index (χ0) is 25.8. The second kappa shape index (κ2) is 10.5. The fourth-order valence-corrected chi connectivity index (χ4v) is 4.12. The van der Waals surface area contributed by atoms with Gasteiger partial charge in [0.15, 0.2) is 5.82 Å². The van der Waals surface area contributed by atoms with E-state index in [-0.39, 0.29) is 11.9 Å². The number of amides is 3. The van der Waals surface area contributed by atoms with E-state index in [0.717, 1.165) is 22.3 Å². The van der Waals surface area contributed by atoms with Crippen LogP contribution < -0.4 is 15.5 Å². The molecule has 10 nitrogen and oxygen atoms in total. The first-order valence-electron chi connectivity index (χ1n) is 11.4. The molecule has 0 spiro atoms. The summed E-state index contributed by atoms with van der Waals surface area (Å²) in [5, 5.41) is 10.0. The van der Waals surface area contributed by atoms with Gasteiger partial charge >= 0.3 is 6.03 Å². The number of hydrogen-bond acceptors (Lipinski definition) is 6. The molecule has 0 unspecified atom stereocenters. The fourth-order valence-electron chi connectivity index (χ4n) is 4.01. The molecule has 3 amide bonds. The lowest BCUT2D eigenvalue weighted by Gasteiger charge is -2.36. The number of hydrogen-bond donors (Lipinski definition) is 2. The van der Waals surface area contributed by atoms with Crippen molar-refractivity contribution in [2.75, 3.05) is 15.5 Å². The number of benzene rings is 2. The summed E-state index contributed by atoms with van der Waals surface area (Å²) in [5.41, 5.74) is 4.70. The largest absolute Gasteiger partial charge is 0.330 e. The summed E-state index contributed by atoms with van der Waals surface area (Å²) in [6, 6.07) is 16.5. The third kappa shape index (κ3) is 5.44. The number of halogens is 1. The summed E-state index contributed by atoms with van der Waals surface area (Å²) in [5.74, 6) is 0.408. The van der Waals surface area contributed by atoms with Crippen LogP contribution in [0.4, 0.5) is 33.6 Å². The first-order valence-corrected chi connectivity index (χ1v) is 11.9. The van der Waals surface area contributed by atoms with E-state index in [4.69, 9.17) is 16.6 Å². The molecule has 11 heteroatoms. The van der Waals surface area contributed by atoms with Crippen molar-refractivity contribution >= 4 is 52.4 Å². The minimum absolute atomic E-state index is 0.244. The number of aryl methyl sites for hydroxylation is 1. The Balaban J connectivity index is 1.53. The van der Waals surface area contributed by atoms with Gasteiger partial charge in [-0.3, -0.25) is 9.48 Å². The van der Waals surface area contributed by atoms with Gasteiger partial charge in [0.05, 0.1) is 24.1 Å². The normalized spacial score (nSPS) is 13.1. The highest BCUT2D eigenvalue weighted by molar-refractivity contribution is 6.27. The van der Waals surface area contributed by atoms with Crippen molar-refractivity contribution < 1.29 is 9.59 Å². The molecule has 0 saturated carbocycles. The van der Waals surface area contributed by atoms with E-state index in [2.05, 4.69) is 20.7 Å². The maximum atomic E-state index is 13.8. The van der Waals surface area contributed by atoms with Gasteiger partial charge in [0.1, 0.15) is 0 Å². The van der Waals surface area contributed by atoms with Crippen LogP contribution in [0.15, 0.2) is 84.8 Å². The number of nitrogens with zero attached hydrogens (tertiary/aromatic N) is 6. The van der Waals surface area contributed by atoms with Crippen molar-refractivity contribution in [3.63, 3.8) is 0 Å². The maximum Gasteiger partial charge on any atom is 0.330 e. The molecule has 0 radical (unpaired) electrons. The van der Waals surface area contributed by atoms with Crippen molar-refractivity contribution in [3.8, 4) is 0 Å². The Labute approximate surface area is 218 Å². The first-order chi connectivity index (χ1) is 18.0. The molecule has 5 rings (SSSR count). The summed E-state index contributed by atoms with van der Waals surface area (Å²) < 4.78 is 1.66. The third-order valence-electron chi connectivity index (χ3n) is 5.64. The number of nitrogens with one attached hydrogen (secondary N) is 2. The lowest BCUT2D eigenvalue weighted by molar-refractivity contribution is -0.111. The molecule has 1 aliphatic heterocycles.